The highest BCUT2D eigenvalue weighted by Crippen LogP contribution is 2.29. The number of hydrogen-bond acceptors (Lipinski definition) is 5. The summed E-state index contributed by atoms with van der Waals surface area (Å²) in [5.74, 6) is -0.278. The van der Waals surface area contributed by atoms with E-state index in [1.807, 2.05) is 11.4 Å². The molecule has 30 heavy (non-hydrogen) atoms. The van der Waals surface area contributed by atoms with E-state index < -0.39 is 24.2 Å². The van der Waals surface area contributed by atoms with Crippen molar-refractivity contribution in [1.29, 1.82) is 0 Å². The van der Waals surface area contributed by atoms with Gasteiger partial charge in [-0.3, -0.25) is 4.79 Å². The molecule has 0 saturated carbocycles. The number of aromatic nitrogens is 4. The molecule has 0 saturated heterocycles. The van der Waals surface area contributed by atoms with Gasteiger partial charge in [-0.1, -0.05) is 20.8 Å². The van der Waals surface area contributed by atoms with Gasteiger partial charge in [-0.05, 0) is 30.5 Å². The van der Waals surface area contributed by atoms with Crippen LogP contribution in [-0.2, 0) is 4.79 Å². The van der Waals surface area contributed by atoms with Crippen LogP contribution in [0.15, 0.2) is 36.8 Å². The van der Waals surface area contributed by atoms with Gasteiger partial charge >= 0.3 is 6.18 Å². The molecule has 0 bridgehead atoms. The number of fused-ring (bicyclic) bond motifs is 1. The Labute approximate surface area is 171 Å². The first-order valence-electron chi connectivity index (χ1n) is 9.55. The summed E-state index contributed by atoms with van der Waals surface area (Å²) in [4.78, 5) is 28.8. The second-order valence-electron chi connectivity index (χ2n) is 7.27. The third-order valence-corrected chi connectivity index (χ3v) is 5.10. The van der Waals surface area contributed by atoms with Crippen molar-refractivity contribution in [3.63, 3.8) is 0 Å². The monoisotopic (exact) mass is 420 g/mol. The fourth-order valence-corrected chi connectivity index (χ4v) is 3.39. The number of pyridine rings is 1. The maximum atomic E-state index is 12.7. The number of alkyl halides is 3. The van der Waals surface area contributed by atoms with Crippen LogP contribution in [-0.4, -0.2) is 44.1 Å². The van der Waals surface area contributed by atoms with Crippen LogP contribution in [0.25, 0.3) is 22.4 Å². The minimum absolute atomic E-state index is 0.269. The molecule has 3 rings (SSSR count). The zero-order chi connectivity index (χ0) is 21.9. The number of hydrogen-bond donors (Lipinski definition) is 3. The Morgan fingerprint density at radius 2 is 1.97 bits per heavy atom. The lowest BCUT2D eigenvalue weighted by atomic mass is 9.82. The molecule has 0 unspecified atom stereocenters. The van der Waals surface area contributed by atoms with Crippen LogP contribution >= 0.6 is 0 Å². The van der Waals surface area contributed by atoms with Crippen LogP contribution in [0.5, 0.6) is 0 Å². The Morgan fingerprint density at radius 3 is 2.63 bits per heavy atom. The molecule has 1 atom stereocenters. The molecular weight excluding hydrogens is 397 g/mol. The van der Waals surface area contributed by atoms with E-state index in [1.165, 1.54) is 6.20 Å². The van der Waals surface area contributed by atoms with E-state index in [4.69, 9.17) is 0 Å². The van der Waals surface area contributed by atoms with Crippen LogP contribution in [0.2, 0.25) is 0 Å². The number of carbonyl (C=O) groups is 1. The summed E-state index contributed by atoms with van der Waals surface area (Å²) in [6.45, 7) is 3.90. The Kier molecular flexibility index (Phi) is 5.95. The Morgan fingerprint density at radius 1 is 1.20 bits per heavy atom. The predicted octanol–water partition coefficient (Wildman–Crippen LogP) is 3.92. The molecule has 0 spiro atoms. The van der Waals surface area contributed by atoms with Crippen molar-refractivity contribution in [3.05, 3.63) is 36.8 Å². The molecule has 0 aliphatic carbocycles. The van der Waals surface area contributed by atoms with Crippen molar-refractivity contribution in [1.82, 2.24) is 25.3 Å². The second-order valence-corrected chi connectivity index (χ2v) is 7.27. The molecule has 0 aromatic carbocycles. The van der Waals surface area contributed by atoms with E-state index in [0.29, 0.717) is 17.3 Å². The molecule has 3 N–H and O–H groups in total. The number of nitrogens with zero attached hydrogens (tertiary/aromatic N) is 3. The number of halogens is 3. The molecular formula is C20H23F3N6O. The van der Waals surface area contributed by atoms with E-state index in [-0.39, 0.29) is 12.3 Å². The second kappa shape index (κ2) is 8.29. The highest BCUT2D eigenvalue weighted by molar-refractivity contribution is 5.92. The Bertz CT molecular complexity index is 1030. The third-order valence-electron chi connectivity index (χ3n) is 5.10. The lowest BCUT2D eigenvalue weighted by molar-refractivity contribution is -0.142. The molecule has 0 aliphatic heterocycles. The van der Waals surface area contributed by atoms with E-state index in [9.17, 15) is 18.0 Å². The summed E-state index contributed by atoms with van der Waals surface area (Å²) in [5.41, 5.74) is 0.152. The smallest absolute Gasteiger partial charge is 0.356 e. The molecule has 3 heterocycles. The van der Waals surface area contributed by atoms with Gasteiger partial charge in [-0.15, -0.1) is 0 Å². The van der Waals surface area contributed by atoms with Crippen molar-refractivity contribution in [2.45, 2.75) is 38.9 Å². The molecule has 160 valence electrons. The summed E-state index contributed by atoms with van der Waals surface area (Å²) >= 11 is 0. The fourth-order valence-electron chi connectivity index (χ4n) is 3.39. The van der Waals surface area contributed by atoms with Crippen molar-refractivity contribution >= 4 is 22.8 Å². The van der Waals surface area contributed by atoms with Crippen LogP contribution in [0.4, 0.5) is 19.0 Å². The van der Waals surface area contributed by atoms with Crippen LogP contribution in [0.3, 0.4) is 0 Å². The highest BCUT2D eigenvalue weighted by atomic mass is 19.4. The van der Waals surface area contributed by atoms with E-state index in [1.54, 1.807) is 45.3 Å². The van der Waals surface area contributed by atoms with Gasteiger partial charge in [-0.25, -0.2) is 15.0 Å². The first-order chi connectivity index (χ1) is 14.2. The van der Waals surface area contributed by atoms with E-state index >= 15 is 0 Å². The third kappa shape index (κ3) is 4.37. The molecule has 10 heteroatoms. The topological polar surface area (TPSA) is 95.6 Å². The highest BCUT2D eigenvalue weighted by Gasteiger charge is 2.42. The summed E-state index contributed by atoms with van der Waals surface area (Å²) in [6.07, 6.45) is 0.720. The van der Waals surface area contributed by atoms with Crippen molar-refractivity contribution in [2.75, 3.05) is 11.9 Å². The average Bonchev–Trinajstić information content (AvgIpc) is 3.14. The van der Waals surface area contributed by atoms with Crippen molar-refractivity contribution < 1.29 is 18.0 Å². The van der Waals surface area contributed by atoms with Gasteiger partial charge in [0.15, 0.2) is 5.82 Å². The number of nitrogens with one attached hydrogen (secondary N) is 3. The van der Waals surface area contributed by atoms with E-state index in [2.05, 4.69) is 25.3 Å². The van der Waals surface area contributed by atoms with Crippen LogP contribution < -0.4 is 10.6 Å². The van der Waals surface area contributed by atoms with Crippen LogP contribution in [0.1, 0.15) is 27.2 Å². The maximum absolute atomic E-state index is 12.7. The fraction of sp³-hybridized carbons (Fsp3) is 0.400. The minimum atomic E-state index is -4.49. The summed E-state index contributed by atoms with van der Waals surface area (Å²) in [6, 6.07) is 5.26. The number of anilines is 1. The zero-order valence-electron chi connectivity index (χ0n) is 16.8. The Balaban J connectivity index is 1.92. The van der Waals surface area contributed by atoms with Crippen molar-refractivity contribution in [2.24, 2.45) is 5.92 Å². The number of amides is 1. The first-order valence-corrected chi connectivity index (χ1v) is 9.55. The SMILES string of the molecule is CC[C@@](Nc1ccnc(-c2c[nH]c3ncccc23)n1)(C(=O)NCC(F)(F)F)C(C)C. The average molecular weight is 420 g/mol. The summed E-state index contributed by atoms with van der Waals surface area (Å²) < 4.78 is 37.8. The van der Waals surface area contributed by atoms with Crippen molar-refractivity contribution in [3.8, 4) is 11.4 Å². The van der Waals surface area contributed by atoms with Crippen LogP contribution in [0, 0.1) is 5.92 Å². The molecule has 1 amide bonds. The number of aromatic amines is 1. The summed E-state index contributed by atoms with van der Waals surface area (Å²) in [5, 5.41) is 5.91. The molecule has 0 aliphatic rings. The molecule has 3 aromatic rings. The van der Waals surface area contributed by atoms with Gasteiger partial charge < -0.3 is 15.6 Å². The first kappa shape index (κ1) is 21.5. The number of rotatable bonds is 7. The quantitative estimate of drug-likeness (QED) is 0.539. The number of H-pyrrole nitrogens is 1. The van der Waals surface area contributed by atoms with Gasteiger partial charge in [0.2, 0.25) is 5.91 Å². The van der Waals surface area contributed by atoms with Gasteiger partial charge in [-0.2, -0.15) is 13.2 Å². The predicted molar refractivity (Wildman–Crippen MR) is 108 cm³/mol. The standard InChI is InChI=1S/C20H23F3N6O/c1-4-19(12(2)3,18(30)27-11-20(21,22)23)29-15-7-9-25-17(28-15)14-10-26-16-13(14)6-5-8-24-16/h5-10,12H,4,11H2,1-3H3,(H,24,26)(H,27,30)(H,25,28,29)/t19-/m0/s1. The largest absolute Gasteiger partial charge is 0.405 e. The Hall–Kier alpha value is -3.17. The van der Waals surface area contributed by atoms with Gasteiger partial charge in [0.1, 0.15) is 23.5 Å². The molecule has 0 fully saturated rings. The lowest BCUT2D eigenvalue weighted by Gasteiger charge is -2.36. The minimum Gasteiger partial charge on any atom is -0.356 e. The van der Waals surface area contributed by atoms with Gasteiger partial charge in [0, 0.05) is 29.5 Å². The molecule has 0 radical (unpaired) electrons. The van der Waals surface area contributed by atoms with Gasteiger partial charge in [0.05, 0.1) is 0 Å². The number of carbonyl (C=O) groups excluding carboxylic acids is 1. The normalized spacial score (nSPS) is 14.0. The molecule has 3 aromatic heterocycles. The zero-order valence-corrected chi connectivity index (χ0v) is 16.8. The van der Waals surface area contributed by atoms with Gasteiger partial charge in [0.25, 0.3) is 0 Å². The lowest BCUT2D eigenvalue weighted by Crippen LogP contribution is -2.57. The summed E-state index contributed by atoms with van der Waals surface area (Å²) in [7, 11) is 0. The maximum Gasteiger partial charge on any atom is 0.405 e. The van der Waals surface area contributed by atoms with E-state index in [0.717, 1.165) is 10.9 Å². The molecule has 7 nitrogen and oxygen atoms in total.